The third kappa shape index (κ3) is 2.95. The van der Waals surface area contributed by atoms with Gasteiger partial charge in [0, 0.05) is 12.6 Å². The van der Waals surface area contributed by atoms with Crippen LogP contribution in [0.5, 0.6) is 0 Å². The van der Waals surface area contributed by atoms with E-state index in [1.165, 1.54) is 0 Å². The Kier molecular flexibility index (Phi) is 4.09. The summed E-state index contributed by atoms with van der Waals surface area (Å²) < 4.78 is 5.23. The second-order valence-corrected chi connectivity index (χ2v) is 4.48. The molecule has 0 aliphatic carbocycles. The fraction of sp³-hybridized carbons (Fsp3) is 0.583. The highest BCUT2D eigenvalue weighted by Gasteiger charge is 2.13. The summed E-state index contributed by atoms with van der Waals surface area (Å²) in [7, 11) is 0. The van der Waals surface area contributed by atoms with Gasteiger partial charge in [-0.3, -0.25) is 0 Å². The Morgan fingerprint density at radius 3 is 2.94 bits per heavy atom. The van der Waals surface area contributed by atoms with E-state index in [9.17, 15) is 0 Å². The van der Waals surface area contributed by atoms with Crippen molar-refractivity contribution in [2.24, 2.45) is 0 Å². The fourth-order valence-electron chi connectivity index (χ4n) is 1.51. The molecule has 0 radical (unpaired) electrons. The highest BCUT2D eigenvalue weighted by Crippen LogP contribution is 2.14. The van der Waals surface area contributed by atoms with Crippen LogP contribution >= 0.6 is 0 Å². The third-order valence-electron chi connectivity index (χ3n) is 2.94. The summed E-state index contributed by atoms with van der Waals surface area (Å²) in [5, 5.41) is 15.8. The van der Waals surface area contributed by atoms with Crippen LogP contribution in [-0.2, 0) is 0 Å². The number of hydrogen-bond acceptors (Lipinski definition) is 5. The minimum atomic E-state index is 0.162. The zero-order valence-electron chi connectivity index (χ0n) is 11.0. The van der Waals surface area contributed by atoms with Crippen molar-refractivity contribution in [3.05, 3.63) is 18.4 Å². The molecule has 6 nitrogen and oxygen atoms in total. The van der Waals surface area contributed by atoms with Crippen LogP contribution in [0.25, 0.3) is 11.6 Å². The van der Waals surface area contributed by atoms with Gasteiger partial charge >= 0.3 is 0 Å². The van der Waals surface area contributed by atoms with Crippen molar-refractivity contribution >= 4 is 0 Å². The zero-order chi connectivity index (χ0) is 13.0. The number of aromatic nitrogens is 4. The predicted molar refractivity (Wildman–Crippen MR) is 68.0 cm³/mol. The minimum Gasteiger partial charge on any atom is -0.461 e. The van der Waals surface area contributed by atoms with Gasteiger partial charge in [0.25, 0.3) is 0 Å². The molecule has 2 heterocycles. The number of furan rings is 1. The molecule has 2 aromatic heterocycles. The Labute approximate surface area is 106 Å². The van der Waals surface area contributed by atoms with E-state index < -0.39 is 0 Å². The van der Waals surface area contributed by atoms with Crippen molar-refractivity contribution in [3.63, 3.8) is 0 Å². The van der Waals surface area contributed by atoms with Gasteiger partial charge in [0.15, 0.2) is 5.76 Å². The molecule has 2 aromatic rings. The average molecular weight is 249 g/mol. The summed E-state index contributed by atoms with van der Waals surface area (Å²) in [6.45, 7) is 7.20. The Balaban J connectivity index is 1.97. The molecule has 1 N–H and O–H groups in total. The molecule has 0 spiro atoms. The molecule has 98 valence electrons. The first kappa shape index (κ1) is 12.8. The summed E-state index contributed by atoms with van der Waals surface area (Å²) in [6.07, 6.45) is 2.71. The predicted octanol–water partition coefficient (Wildman–Crippen LogP) is 1.88. The van der Waals surface area contributed by atoms with E-state index >= 15 is 0 Å². The molecule has 0 aliphatic rings. The quantitative estimate of drug-likeness (QED) is 0.846. The molecule has 6 heteroatoms. The Morgan fingerprint density at radius 1 is 1.44 bits per heavy atom. The van der Waals surface area contributed by atoms with E-state index in [0.29, 0.717) is 17.6 Å². The van der Waals surface area contributed by atoms with Gasteiger partial charge in [0.1, 0.15) is 0 Å². The highest BCUT2D eigenvalue weighted by molar-refractivity contribution is 5.43. The Morgan fingerprint density at radius 2 is 2.28 bits per heavy atom. The monoisotopic (exact) mass is 249 g/mol. The fourth-order valence-corrected chi connectivity index (χ4v) is 1.51. The van der Waals surface area contributed by atoms with Crippen LogP contribution in [0.4, 0.5) is 0 Å². The molecule has 18 heavy (non-hydrogen) atoms. The summed E-state index contributed by atoms with van der Waals surface area (Å²) in [6, 6.07) is 4.30. The van der Waals surface area contributed by atoms with Gasteiger partial charge in [-0.05, 0) is 37.6 Å². The molecule has 0 aromatic carbocycles. The largest absolute Gasteiger partial charge is 0.461 e. The van der Waals surface area contributed by atoms with Crippen molar-refractivity contribution in [1.29, 1.82) is 0 Å². The number of nitrogens with one attached hydrogen (secondary N) is 1. The van der Waals surface area contributed by atoms with Gasteiger partial charge in [0.2, 0.25) is 5.82 Å². The van der Waals surface area contributed by atoms with Crippen LogP contribution in [-0.4, -0.2) is 32.8 Å². The van der Waals surface area contributed by atoms with E-state index in [-0.39, 0.29) is 6.04 Å². The summed E-state index contributed by atoms with van der Waals surface area (Å²) >= 11 is 0. The van der Waals surface area contributed by atoms with Gasteiger partial charge < -0.3 is 9.73 Å². The number of tetrazole rings is 1. The molecule has 0 saturated carbocycles. The van der Waals surface area contributed by atoms with Crippen molar-refractivity contribution in [3.8, 4) is 11.6 Å². The van der Waals surface area contributed by atoms with Gasteiger partial charge in [-0.25, -0.2) is 0 Å². The summed E-state index contributed by atoms with van der Waals surface area (Å²) in [5.74, 6) is 1.17. The maximum Gasteiger partial charge on any atom is 0.240 e. The first-order valence-electron chi connectivity index (χ1n) is 6.27. The molecular weight excluding hydrogens is 230 g/mol. The van der Waals surface area contributed by atoms with E-state index in [2.05, 4.69) is 41.5 Å². The van der Waals surface area contributed by atoms with Crippen LogP contribution in [0.1, 0.15) is 33.2 Å². The Hall–Kier alpha value is -1.69. The lowest BCUT2D eigenvalue weighted by molar-refractivity contribution is 0.380. The number of rotatable bonds is 6. The van der Waals surface area contributed by atoms with Gasteiger partial charge in [-0.1, -0.05) is 6.92 Å². The topological polar surface area (TPSA) is 68.8 Å². The van der Waals surface area contributed by atoms with E-state index in [1.807, 2.05) is 12.1 Å². The lowest BCUT2D eigenvalue weighted by atomic mass is 10.2. The summed E-state index contributed by atoms with van der Waals surface area (Å²) in [4.78, 5) is 1.62. The van der Waals surface area contributed by atoms with Crippen LogP contribution < -0.4 is 5.32 Å². The van der Waals surface area contributed by atoms with Gasteiger partial charge in [0.05, 0.1) is 12.3 Å². The molecule has 0 bridgehead atoms. The average Bonchev–Trinajstić information content (AvgIpc) is 3.04. The molecule has 2 unspecified atom stereocenters. The lowest BCUT2D eigenvalue weighted by Gasteiger charge is -2.15. The molecule has 0 aliphatic heterocycles. The maximum absolute atomic E-state index is 5.23. The van der Waals surface area contributed by atoms with Gasteiger partial charge in [-0.2, -0.15) is 4.80 Å². The van der Waals surface area contributed by atoms with Crippen molar-refractivity contribution in [2.75, 3.05) is 6.54 Å². The molecule has 0 saturated heterocycles. The maximum atomic E-state index is 5.23. The SMILES string of the molecule is CCC(C)NCC(C)n1nnc(-c2ccco2)n1. The second-order valence-electron chi connectivity index (χ2n) is 4.48. The van der Waals surface area contributed by atoms with Gasteiger partial charge in [-0.15, -0.1) is 10.2 Å². The minimum absolute atomic E-state index is 0.162. The first-order chi connectivity index (χ1) is 8.70. The van der Waals surface area contributed by atoms with E-state index in [1.54, 1.807) is 11.1 Å². The number of hydrogen-bond donors (Lipinski definition) is 1. The van der Waals surface area contributed by atoms with Crippen LogP contribution in [0.2, 0.25) is 0 Å². The highest BCUT2D eigenvalue weighted by atomic mass is 16.3. The van der Waals surface area contributed by atoms with Crippen molar-refractivity contribution in [2.45, 2.75) is 39.3 Å². The first-order valence-corrected chi connectivity index (χ1v) is 6.27. The smallest absolute Gasteiger partial charge is 0.240 e. The zero-order valence-corrected chi connectivity index (χ0v) is 11.0. The second kappa shape index (κ2) is 5.77. The lowest BCUT2D eigenvalue weighted by Crippen LogP contribution is -2.31. The van der Waals surface area contributed by atoms with Crippen molar-refractivity contribution in [1.82, 2.24) is 25.5 Å². The number of nitrogens with zero attached hydrogens (tertiary/aromatic N) is 4. The van der Waals surface area contributed by atoms with E-state index in [4.69, 9.17) is 4.42 Å². The van der Waals surface area contributed by atoms with E-state index in [0.717, 1.165) is 13.0 Å². The molecular formula is C12H19N5O. The van der Waals surface area contributed by atoms with Crippen LogP contribution in [0.15, 0.2) is 22.8 Å². The molecule has 0 amide bonds. The Bertz CT molecular complexity index is 465. The molecule has 2 atom stereocenters. The third-order valence-corrected chi connectivity index (χ3v) is 2.94. The standard InChI is InChI=1S/C12H19N5O/c1-4-9(2)13-8-10(3)17-15-12(14-16-17)11-6-5-7-18-11/h5-7,9-10,13H,4,8H2,1-3H3. The van der Waals surface area contributed by atoms with Crippen molar-refractivity contribution < 1.29 is 4.42 Å². The van der Waals surface area contributed by atoms with Crippen LogP contribution in [0.3, 0.4) is 0 Å². The molecule has 0 fully saturated rings. The summed E-state index contributed by atoms with van der Waals surface area (Å²) in [5.41, 5.74) is 0. The van der Waals surface area contributed by atoms with Crippen LogP contribution in [0, 0.1) is 0 Å². The normalized spacial score (nSPS) is 14.6. The molecule has 2 rings (SSSR count).